The van der Waals surface area contributed by atoms with Crippen molar-refractivity contribution in [3.05, 3.63) is 58.7 Å². The van der Waals surface area contributed by atoms with Crippen LogP contribution in [0.1, 0.15) is 18.1 Å². The van der Waals surface area contributed by atoms with Crippen molar-refractivity contribution in [3.8, 4) is 23.0 Å². The van der Waals surface area contributed by atoms with Crippen molar-refractivity contribution in [1.82, 2.24) is 0 Å². The number of carbonyl (C=O) groups is 2. The number of methoxy groups -OCH3 is 4. The van der Waals surface area contributed by atoms with Crippen LogP contribution in [0, 0.1) is 0 Å². The highest BCUT2D eigenvalue weighted by Gasteiger charge is 2.23. The second kappa shape index (κ2) is 11.6. The van der Waals surface area contributed by atoms with Crippen LogP contribution in [0.2, 0.25) is 0 Å². The van der Waals surface area contributed by atoms with E-state index in [1.165, 1.54) is 28.4 Å². The van der Waals surface area contributed by atoms with Crippen LogP contribution < -0.4 is 18.9 Å². The molecule has 2 aromatic carbocycles. The van der Waals surface area contributed by atoms with Gasteiger partial charge in [0.25, 0.3) is 0 Å². The van der Waals surface area contributed by atoms with Crippen LogP contribution in [0.3, 0.4) is 0 Å². The monoisotopic (exact) mass is 444 g/mol. The molecular weight excluding hydrogens is 416 g/mol. The van der Waals surface area contributed by atoms with E-state index < -0.39 is 11.9 Å². The molecule has 0 aliphatic heterocycles. The van der Waals surface area contributed by atoms with Gasteiger partial charge in [-0.05, 0) is 42.3 Å². The Balaban J connectivity index is 2.53. The van der Waals surface area contributed by atoms with Crippen molar-refractivity contribution in [1.29, 1.82) is 0 Å². The van der Waals surface area contributed by atoms with Crippen LogP contribution in [0.5, 0.6) is 23.0 Å². The van der Waals surface area contributed by atoms with Gasteiger partial charge in [-0.2, -0.15) is 0 Å². The molecule has 0 amide bonds. The van der Waals surface area contributed by atoms with Crippen LogP contribution in [0.4, 0.5) is 0 Å². The zero-order valence-corrected chi connectivity index (χ0v) is 18.9. The topological polar surface area (TPSA) is 101 Å². The van der Waals surface area contributed by atoms with E-state index in [9.17, 15) is 14.7 Å². The summed E-state index contributed by atoms with van der Waals surface area (Å²) in [6, 6.07) is 10.2. The summed E-state index contributed by atoms with van der Waals surface area (Å²) in [6.45, 7) is 1.79. The summed E-state index contributed by atoms with van der Waals surface area (Å²) in [5, 5.41) is 9.94. The predicted molar refractivity (Wildman–Crippen MR) is 118 cm³/mol. The maximum absolute atomic E-state index is 12.7. The molecule has 1 N–H and O–H groups in total. The van der Waals surface area contributed by atoms with Gasteiger partial charge in [-0.1, -0.05) is 12.1 Å². The van der Waals surface area contributed by atoms with E-state index in [4.69, 9.17) is 23.7 Å². The van der Waals surface area contributed by atoms with E-state index in [2.05, 4.69) is 0 Å². The van der Waals surface area contributed by atoms with E-state index in [0.29, 0.717) is 34.1 Å². The summed E-state index contributed by atoms with van der Waals surface area (Å²) in [7, 11) is 6.04. The molecule has 8 nitrogen and oxygen atoms in total. The van der Waals surface area contributed by atoms with Gasteiger partial charge in [0, 0.05) is 12.8 Å². The summed E-state index contributed by atoms with van der Waals surface area (Å²) >= 11 is 0. The van der Waals surface area contributed by atoms with Gasteiger partial charge in [0.15, 0.2) is 23.0 Å². The fourth-order valence-corrected chi connectivity index (χ4v) is 3.22. The number of aliphatic carboxylic acids is 1. The van der Waals surface area contributed by atoms with E-state index in [1.807, 2.05) is 0 Å². The van der Waals surface area contributed by atoms with Gasteiger partial charge in [-0.15, -0.1) is 0 Å². The maximum atomic E-state index is 12.7. The smallest absolute Gasteiger partial charge is 0.334 e. The Labute approximate surface area is 187 Å². The Morgan fingerprint density at radius 1 is 0.719 bits per heavy atom. The lowest BCUT2D eigenvalue weighted by molar-refractivity contribution is -0.140. The van der Waals surface area contributed by atoms with Crippen molar-refractivity contribution in [2.24, 2.45) is 0 Å². The Morgan fingerprint density at radius 2 is 1.16 bits per heavy atom. The molecule has 0 aliphatic rings. The first-order valence-corrected chi connectivity index (χ1v) is 9.92. The molecule has 2 rings (SSSR count). The standard InChI is InChI=1S/C24H28O8/c1-6-32-24(27)18(12-16-8-10-20(29-3)22(14-16)31-5)17(23(25)26)11-15-7-9-19(28-2)21(13-15)30-4/h7-10,13-14H,6,11-12H2,1-5H3,(H,25,26). The van der Waals surface area contributed by atoms with Gasteiger partial charge in [0.05, 0.1) is 46.2 Å². The molecule has 0 spiro atoms. The lowest BCUT2D eigenvalue weighted by atomic mass is 9.94. The minimum Gasteiger partial charge on any atom is -0.493 e. The van der Waals surface area contributed by atoms with Gasteiger partial charge in [-0.3, -0.25) is 0 Å². The predicted octanol–water partition coefficient (Wildman–Crippen LogP) is 3.45. The zero-order valence-electron chi connectivity index (χ0n) is 18.9. The van der Waals surface area contributed by atoms with E-state index >= 15 is 0 Å². The number of carboxylic acids is 1. The van der Waals surface area contributed by atoms with Crippen LogP contribution >= 0.6 is 0 Å². The summed E-state index contributed by atoms with van der Waals surface area (Å²) < 4.78 is 26.3. The fourth-order valence-electron chi connectivity index (χ4n) is 3.22. The number of benzene rings is 2. The number of hydrogen-bond donors (Lipinski definition) is 1. The first kappa shape index (κ1) is 24.6. The van der Waals surface area contributed by atoms with Crippen LogP contribution in [-0.2, 0) is 27.2 Å². The molecule has 0 fully saturated rings. The van der Waals surface area contributed by atoms with Crippen molar-refractivity contribution < 1.29 is 38.4 Å². The number of ether oxygens (including phenoxy) is 5. The number of esters is 1. The third-order valence-electron chi connectivity index (χ3n) is 4.80. The van der Waals surface area contributed by atoms with E-state index in [-0.39, 0.29) is 30.6 Å². The highest BCUT2D eigenvalue weighted by Crippen LogP contribution is 2.31. The fraction of sp³-hybridized carbons (Fsp3) is 0.333. The molecule has 0 aliphatic carbocycles. The first-order valence-electron chi connectivity index (χ1n) is 9.92. The average molecular weight is 444 g/mol. The molecule has 0 bridgehead atoms. The molecule has 0 unspecified atom stereocenters. The number of rotatable bonds is 11. The molecule has 0 saturated heterocycles. The molecule has 2 aromatic rings. The first-order chi connectivity index (χ1) is 15.4. The van der Waals surface area contributed by atoms with Crippen molar-refractivity contribution >= 4 is 11.9 Å². The van der Waals surface area contributed by atoms with Crippen molar-refractivity contribution in [3.63, 3.8) is 0 Å². The number of hydrogen-bond acceptors (Lipinski definition) is 7. The summed E-state index contributed by atoms with van der Waals surface area (Å²) in [6.07, 6.45) is 0.0469. The molecule has 0 aromatic heterocycles. The minimum absolute atomic E-state index is 0.00285. The van der Waals surface area contributed by atoms with Gasteiger partial charge in [-0.25, -0.2) is 9.59 Å². The lowest BCUT2D eigenvalue weighted by Crippen LogP contribution is -2.18. The molecule has 0 atom stereocenters. The maximum Gasteiger partial charge on any atom is 0.334 e. The normalized spacial score (nSPS) is 11.3. The molecular formula is C24H28O8. The van der Waals surface area contributed by atoms with Crippen LogP contribution in [0.15, 0.2) is 47.5 Å². The third kappa shape index (κ3) is 5.94. The summed E-state index contributed by atoms with van der Waals surface area (Å²) in [5.74, 6) is 0.107. The van der Waals surface area contributed by atoms with Gasteiger partial charge >= 0.3 is 11.9 Å². The van der Waals surface area contributed by atoms with Crippen molar-refractivity contribution in [2.75, 3.05) is 35.0 Å². The quantitative estimate of drug-likeness (QED) is 0.416. The highest BCUT2D eigenvalue weighted by atomic mass is 16.5. The Kier molecular flexibility index (Phi) is 8.95. The SMILES string of the molecule is CCOC(=O)C(Cc1ccc(OC)c(OC)c1)=C(Cc1ccc(OC)c(OC)c1)C(=O)O. The minimum atomic E-state index is -1.21. The Morgan fingerprint density at radius 3 is 1.53 bits per heavy atom. The number of carboxylic acid groups (broad SMARTS) is 1. The molecule has 32 heavy (non-hydrogen) atoms. The summed E-state index contributed by atoms with van der Waals surface area (Å²) in [5.41, 5.74) is 1.32. The summed E-state index contributed by atoms with van der Waals surface area (Å²) in [4.78, 5) is 24.9. The van der Waals surface area contributed by atoms with Gasteiger partial charge < -0.3 is 28.8 Å². The molecule has 172 valence electrons. The van der Waals surface area contributed by atoms with Gasteiger partial charge in [0.1, 0.15) is 0 Å². The largest absolute Gasteiger partial charge is 0.493 e. The van der Waals surface area contributed by atoms with Crippen molar-refractivity contribution in [2.45, 2.75) is 19.8 Å². The number of carbonyl (C=O) groups excluding carboxylic acids is 1. The van der Waals surface area contributed by atoms with E-state index in [0.717, 1.165) is 0 Å². The van der Waals surface area contributed by atoms with Crippen LogP contribution in [-0.4, -0.2) is 52.1 Å². The Bertz CT molecular complexity index is 993. The second-order valence-corrected chi connectivity index (χ2v) is 6.71. The highest BCUT2D eigenvalue weighted by molar-refractivity contribution is 6.00. The average Bonchev–Trinajstić information content (AvgIpc) is 2.80. The molecule has 0 saturated carbocycles. The third-order valence-corrected chi connectivity index (χ3v) is 4.80. The zero-order chi connectivity index (χ0) is 23.7. The van der Waals surface area contributed by atoms with Crippen LogP contribution in [0.25, 0.3) is 0 Å². The second-order valence-electron chi connectivity index (χ2n) is 6.71. The molecule has 0 heterocycles. The van der Waals surface area contributed by atoms with E-state index in [1.54, 1.807) is 43.3 Å². The molecule has 8 heteroatoms. The lowest BCUT2D eigenvalue weighted by Gasteiger charge is -2.15. The Hall–Kier alpha value is -3.68. The molecule has 0 radical (unpaired) electrons. The van der Waals surface area contributed by atoms with Gasteiger partial charge in [0.2, 0.25) is 0 Å².